The van der Waals surface area contributed by atoms with Crippen LogP contribution in [-0.2, 0) is 35.3 Å². The van der Waals surface area contributed by atoms with Crippen molar-refractivity contribution < 1.29 is 57.2 Å². The van der Waals surface area contributed by atoms with Crippen LogP contribution in [0.2, 0.25) is 0 Å². The van der Waals surface area contributed by atoms with Crippen LogP contribution in [0.25, 0.3) is 0 Å². The summed E-state index contributed by atoms with van der Waals surface area (Å²) >= 11 is 2.13. The molecule has 0 fully saturated rings. The largest absolute Gasteiger partial charge is 0.544 e. The molecule has 6 bridgehead atoms. The number of nitrogens with zero attached hydrogens (tertiary/aromatic N) is 2. The molecule has 0 saturated heterocycles. The van der Waals surface area contributed by atoms with Gasteiger partial charge in [0.2, 0.25) is 5.75 Å². The molecule has 0 N–H and O–H groups in total. The number of carbonyl (C=O) groups is 2. The number of carboxylic acid groups (broad SMARTS) is 2. The summed E-state index contributed by atoms with van der Waals surface area (Å²) in [5.41, 5.74) is 5.58. The molecule has 6 atom stereocenters. The summed E-state index contributed by atoms with van der Waals surface area (Å²) in [6, 6.07) is 17.0. The van der Waals surface area contributed by atoms with Crippen LogP contribution in [0.1, 0.15) is 59.3 Å². The van der Waals surface area contributed by atoms with Gasteiger partial charge in [-0.15, -0.1) is 0 Å². The Kier molecular flexibility index (Phi) is 11.3. The first-order valence-electron chi connectivity index (χ1n) is 19.1. The van der Waals surface area contributed by atoms with E-state index in [0.717, 1.165) is 33.4 Å². The minimum atomic E-state index is -1.16. The number of methoxy groups -OCH3 is 3. The Morgan fingerprint density at radius 2 is 1.30 bits per heavy atom. The molecule has 0 amide bonds. The molecule has 6 unspecified atom stereocenters. The number of carbonyl (C=O) groups excluding carboxylic acids is 2. The monoisotopic (exact) mass is 892 g/mol. The number of ether oxygens (including phenoxy) is 6. The molecule has 57 heavy (non-hydrogen) atoms. The van der Waals surface area contributed by atoms with Crippen molar-refractivity contribution >= 4 is 34.5 Å². The molecule has 0 saturated carbocycles. The predicted octanol–water partition coefficient (Wildman–Crippen LogP) is 5.23. The van der Waals surface area contributed by atoms with Gasteiger partial charge in [0.25, 0.3) is 0 Å². The van der Waals surface area contributed by atoms with E-state index in [9.17, 15) is 19.8 Å². The summed E-state index contributed by atoms with van der Waals surface area (Å²) in [6.45, 7) is 4.48. The number of hydrogen-bond acceptors (Lipinski definition) is 10. The molecule has 4 heterocycles. The van der Waals surface area contributed by atoms with Gasteiger partial charge in [0.1, 0.15) is 34.5 Å². The topological polar surface area (TPSA) is 136 Å². The summed E-state index contributed by atoms with van der Waals surface area (Å²) in [5, 5.41) is 25.4. The second-order valence-corrected chi connectivity index (χ2v) is 16.3. The molecule has 12 nitrogen and oxygen atoms in total. The van der Waals surface area contributed by atoms with Crippen LogP contribution in [0.5, 0.6) is 46.0 Å². The van der Waals surface area contributed by atoms with Crippen molar-refractivity contribution in [2.45, 2.75) is 63.7 Å². The molecule has 0 spiro atoms. The Morgan fingerprint density at radius 3 is 1.91 bits per heavy atom. The summed E-state index contributed by atoms with van der Waals surface area (Å²) < 4.78 is 38.3. The number of carboxylic acids is 2. The number of hydrogen-bond donors (Lipinski definition) is 0. The van der Waals surface area contributed by atoms with Crippen LogP contribution in [0, 0.1) is 0 Å². The number of quaternary nitrogens is 2. The maximum Gasteiger partial charge on any atom is 0.205 e. The standard InChI is InChI=1S/C44H49IN2O10/c1-25(43(48)49)46(3)16-14-29-21-36(53-6)38-23-32(29)33(46)18-27-8-11-31(12-9-27)56-37-20-28(10-13-35(37)52-5)19-34-40-30(15-17-47(34,4)26(2)44(50)51)22-39(54-7)41(55-24-45)42(40)57-38/h8-13,20-23,25-26,33-34H,14-19,24H2,1-7H3. The van der Waals surface area contributed by atoms with Crippen molar-refractivity contribution in [2.75, 3.05) is 53.1 Å². The zero-order chi connectivity index (χ0) is 40.8. The third-order valence-electron chi connectivity index (χ3n) is 12.9. The third kappa shape index (κ3) is 7.22. The van der Waals surface area contributed by atoms with Crippen molar-refractivity contribution in [3.05, 3.63) is 94.0 Å². The summed E-state index contributed by atoms with van der Waals surface area (Å²) in [6.07, 6.45) is 2.06. The Morgan fingerprint density at radius 1 is 0.737 bits per heavy atom. The van der Waals surface area contributed by atoms with Crippen molar-refractivity contribution in [3.8, 4) is 46.0 Å². The first kappa shape index (κ1) is 40.5. The molecule has 13 heteroatoms. The average Bonchev–Trinajstić information content (AvgIpc) is 3.20. The molecule has 0 radical (unpaired) electrons. The molecular weight excluding hydrogens is 843 g/mol. The normalized spacial score (nSPS) is 23.3. The lowest BCUT2D eigenvalue weighted by Crippen LogP contribution is -2.62. The van der Waals surface area contributed by atoms with E-state index in [4.69, 9.17) is 28.4 Å². The lowest BCUT2D eigenvalue weighted by Gasteiger charge is -2.50. The fraction of sp³-hybridized carbons (Fsp3) is 0.409. The predicted molar refractivity (Wildman–Crippen MR) is 216 cm³/mol. The van der Waals surface area contributed by atoms with Gasteiger partial charge in [0, 0.05) is 31.2 Å². The highest BCUT2D eigenvalue weighted by Gasteiger charge is 2.48. The van der Waals surface area contributed by atoms with E-state index in [1.165, 1.54) is 0 Å². The SMILES string of the molecule is COc1ccc2cc1Oc1ccc(cc1)CC1c3cc(c(OC)cc3CC[N+]1(C)C(C)C(=O)[O-])Oc1c(OCI)c(OC)cc3c1C(C2)[N+](C)(C(C)C(=O)[O-])CC3. The highest BCUT2D eigenvalue weighted by molar-refractivity contribution is 14.1. The number of benzene rings is 4. The first-order valence-corrected chi connectivity index (χ1v) is 20.6. The van der Waals surface area contributed by atoms with Crippen LogP contribution < -0.4 is 38.6 Å². The number of fused-ring (bicyclic) bond motifs is 2. The van der Waals surface area contributed by atoms with E-state index in [1.54, 1.807) is 35.2 Å². The molecule has 4 aliphatic heterocycles. The Labute approximate surface area is 347 Å². The van der Waals surface area contributed by atoms with Crippen molar-refractivity contribution in [2.24, 2.45) is 0 Å². The summed E-state index contributed by atoms with van der Waals surface area (Å²) in [7, 11) is 8.70. The highest BCUT2D eigenvalue weighted by atomic mass is 127. The van der Waals surface area contributed by atoms with Gasteiger partial charge in [0.15, 0.2) is 34.5 Å². The fourth-order valence-corrected chi connectivity index (χ4v) is 9.38. The lowest BCUT2D eigenvalue weighted by atomic mass is 9.84. The van der Waals surface area contributed by atoms with Gasteiger partial charge in [-0.05, 0) is 101 Å². The minimum Gasteiger partial charge on any atom is -0.544 e. The Balaban J connectivity index is 1.55. The van der Waals surface area contributed by atoms with Gasteiger partial charge in [-0.3, -0.25) is 0 Å². The van der Waals surface area contributed by atoms with E-state index in [2.05, 4.69) is 22.6 Å². The lowest BCUT2D eigenvalue weighted by molar-refractivity contribution is -0.956. The van der Waals surface area contributed by atoms with E-state index in [1.807, 2.05) is 74.8 Å². The van der Waals surface area contributed by atoms with Gasteiger partial charge in [0.05, 0.1) is 66.0 Å². The maximum atomic E-state index is 12.8. The Hall–Kier alpha value is -4.73. The zero-order valence-electron chi connectivity index (χ0n) is 33.4. The van der Waals surface area contributed by atoms with E-state index >= 15 is 0 Å². The molecule has 4 aromatic rings. The Bertz CT molecular complexity index is 2190. The quantitative estimate of drug-likeness (QED) is 0.125. The van der Waals surface area contributed by atoms with Crippen LogP contribution in [0.15, 0.2) is 60.7 Å². The van der Waals surface area contributed by atoms with Crippen molar-refractivity contribution in [3.63, 3.8) is 0 Å². The summed E-state index contributed by atoms with van der Waals surface area (Å²) in [5.74, 6) is 1.53. The fourth-order valence-electron chi connectivity index (χ4n) is 9.07. The smallest absolute Gasteiger partial charge is 0.205 e. The van der Waals surface area contributed by atoms with E-state index in [-0.39, 0.29) is 19.6 Å². The van der Waals surface area contributed by atoms with Gasteiger partial charge in [-0.25, -0.2) is 0 Å². The second-order valence-electron chi connectivity index (χ2n) is 15.7. The minimum absolute atomic E-state index is 0.117. The zero-order valence-corrected chi connectivity index (χ0v) is 35.5. The van der Waals surface area contributed by atoms with Gasteiger partial charge in [-0.1, -0.05) is 18.2 Å². The first-order chi connectivity index (χ1) is 27.3. The van der Waals surface area contributed by atoms with Gasteiger partial charge >= 0.3 is 0 Å². The van der Waals surface area contributed by atoms with Crippen molar-refractivity contribution in [1.82, 2.24) is 0 Å². The third-order valence-corrected chi connectivity index (χ3v) is 13.2. The van der Waals surface area contributed by atoms with Crippen LogP contribution in [-0.4, -0.2) is 86.1 Å². The molecule has 0 aliphatic carbocycles. The van der Waals surface area contributed by atoms with E-state index < -0.39 is 30.1 Å². The molecule has 4 aromatic carbocycles. The second kappa shape index (κ2) is 15.9. The van der Waals surface area contributed by atoms with Gasteiger partial charge < -0.3 is 57.2 Å². The van der Waals surface area contributed by atoms with Gasteiger partial charge in [-0.2, -0.15) is 0 Å². The molecule has 8 rings (SSSR count). The van der Waals surface area contributed by atoms with Crippen LogP contribution in [0.3, 0.4) is 0 Å². The number of aliphatic carboxylic acids is 2. The molecular formula is C44H49IN2O10. The summed E-state index contributed by atoms with van der Waals surface area (Å²) in [4.78, 5) is 25.4. The number of halogens is 1. The molecule has 302 valence electrons. The van der Waals surface area contributed by atoms with E-state index in [0.29, 0.717) is 84.8 Å². The highest BCUT2D eigenvalue weighted by Crippen LogP contribution is 2.54. The maximum absolute atomic E-state index is 12.8. The van der Waals surface area contributed by atoms with Crippen LogP contribution in [0.4, 0.5) is 0 Å². The molecule has 4 aliphatic rings. The van der Waals surface area contributed by atoms with Crippen LogP contribution >= 0.6 is 22.6 Å². The number of alkyl halides is 1. The average molecular weight is 893 g/mol. The van der Waals surface area contributed by atoms with Crippen molar-refractivity contribution in [1.29, 1.82) is 0 Å². The number of likely N-dealkylation sites (N-methyl/N-ethyl adjacent to an activating group) is 2. The number of rotatable bonds is 9. The molecule has 0 aromatic heterocycles.